The molecule has 1 aliphatic rings. The number of para-hydroxylation sites is 1. The molecule has 4 rings (SSSR count). The molecule has 0 radical (unpaired) electrons. The smallest absolute Gasteiger partial charge is 0.245 e. The lowest BCUT2D eigenvalue weighted by atomic mass is 10.0. The van der Waals surface area contributed by atoms with Crippen LogP contribution in [-0.4, -0.2) is 19.8 Å². The van der Waals surface area contributed by atoms with Crippen molar-refractivity contribution in [1.29, 1.82) is 0 Å². The van der Waals surface area contributed by atoms with E-state index in [9.17, 15) is 8.42 Å². The maximum atomic E-state index is 12.8. The van der Waals surface area contributed by atoms with Crippen LogP contribution in [0.15, 0.2) is 97.6 Å². The van der Waals surface area contributed by atoms with Gasteiger partial charge in [-0.05, 0) is 30.3 Å². The Hall–Kier alpha value is -2.57. The fourth-order valence-corrected chi connectivity index (χ4v) is 4.02. The quantitative estimate of drug-likeness (QED) is 0.608. The van der Waals surface area contributed by atoms with Gasteiger partial charge in [-0.15, -0.1) is 0 Å². The summed E-state index contributed by atoms with van der Waals surface area (Å²) in [5.74, 6) is 0. The molecule has 3 aromatic carbocycles. The molecule has 3 aromatic rings. The third-order valence-corrected chi connectivity index (χ3v) is 5.81. The molecule has 0 unspecified atom stereocenters. The van der Waals surface area contributed by atoms with Crippen LogP contribution in [0.4, 0.5) is 5.69 Å². The molecule has 0 amide bonds. The van der Waals surface area contributed by atoms with Crippen molar-refractivity contribution in [3.63, 3.8) is 0 Å². The summed E-state index contributed by atoms with van der Waals surface area (Å²) in [5, 5.41) is 0. The topological polar surface area (TPSA) is 58.9 Å². The van der Waals surface area contributed by atoms with Gasteiger partial charge in [0.05, 0.1) is 16.3 Å². The van der Waals surface area contributed by atoms with Gasteiger partial charge < -0.3 is 0 Å². The summed E-state index contributed by atoms with van der Waals surface area (Å²) in [7, 11) is -3.86. The highest BCUT2D eigenvalue weighted by Gasteiger charge is 2.26. The van der Waals surface area contributed by atoms with Gasteiger partial charge in [0.1, 0.15) is 5.71 Å². The molecule has 4 nitrogen and oxygen atoms in total. The summed E-state index contributed by atoms with van der Waals surface area (Å²) < 4.78 is 30.6. The summed E-state index contributed by atoms with van der Waals surface area (Å²) in [6, 6.07) is 23.3. The zero-order valence-electron chi connectivity index (χ0n) is 13.5. The number of hydrogen-bond acceptors (Lipinski definition) is 3. The Labute approximate surface area is 160 Å². The standard InChI is InChI=1S/C20H13BrN2O2S/c21-15-10-12-16(13-11-15)26(24,25)23-20-17-8-4-5-9-18(17)22-19(20)14-6-2-1-3-7-14/h1-13H/b23-20+. The fourth-order valence-electron chi connectivity index (χ4n) is 2.74. The summed E-state index contributed by atoms with van der Waals surface area (Å²) >= 11 is 3.31. The van der Waals surface area contributed by atoms with E-state index in [4.69, 9.17) is 0 Å². The Kier molecular flexibility index (Phi) is 4.30. The zero-order chi connectivity index (χ0) is 18.1. The van der Waals surface area contributed by atoms with E-state index in [1.165, 1.54) is 12.1 Å². The molecule has 0 bridgehead atoms. The maximum absolute atomic E-state index is 12.8. The van der Waals surface area contributed by atoms with Gasteiger partial charge in [0, 0.05) is 15.6 Å². The number of hydrogen-bond donors (Lipinski definition) is 0. The van der Waals surface area contributed by atoms with Crippen LogP contribution in [-0.2, 0) is 10.0 Å². The van der Waals surface area contributed by atoms with Gasteiger partial charge >= 0.3 is 0 Å². The highest BCUT2D eigenvalue weighted by atomic mass is 79.9. The molecular formula is C20H13BrN2O2S. The molecule has 0 aliphatic carbocycles. The van der Waals surface area contributed by atoms with Gasteiger partial charge in [0.15, 0.2) is 0 Å². The molecule has 128 valence electrons. The van der Waals surface area contributed by atoms with Gasteiger partial charge in [-0.3, -0.25) is 0 Å². The van der Waals surface area contributed by atoms with Gasteiger partial charge in [-0.25, -0.2) is 4.99 Å². The van der Waals surface area contributed by atoms with Gasteiger partial charge in [-0.2, -0.15) is 12.8 Å². The lowest BCUT2D eigenvalue weighted by Crippen LogP contribution is -2.15. The Morgan fingerprint density at radius 2 is 1.46 bits per heavy atom. The van der Waals surface area contributed by atoms with E-state index in [1.807, 2.05) is 54.6 Å². The minimum atomic E-state index is -3.86. The second-order valence-corrected chi connectivity index (χ2v) is 8.23. The predicted molar refractivity (Wildman–Crippen MR) is 107 cm³/mol. The minimum Gasteiger partial charge on any atom is -0.245 e. The second-order valence-electron chi connectivity index (χ2n) is 5.71. The van der Waals surface area contributed by atoms with Crippen molar-refractivity contribution in [3.05, 3.63) is 94.5 Å². The Balaban J connectivity index is 1.88. The van der Waals surface area contributed by atoms with Crippen LogP contribution < -0.4 is 0 Å². The number of aliphatic imine (C=N–C) groups is 1. The monoisotopic (exact) mass is 424 g/mol. The highest BCUT2D eigenvalue weighted by Crippen LogP contribution is 2.30. The van der Waals surface area contributed by atoms with E-state index in [-0.39, 0.29) is 4.90 Å². The SMILES string of the molecule is O=S(=O)(/N=C1/C(c2ccccc2)=Nc2ccccc21)c1ccc(Br)cc1. The first-order chi connectivity index (χ1) is 12.5. The van der Waals surface area contributed by atoms with Crippen LogP contribution in [0.2, 0.25) is 0 Å². The van der Waals surface area contributed by atoms with Crippen molar-refractivity contribution in [2.24, 2.45) is 9.39 Å². The number of benzene rings is 3. The summed E-state index contributed by atoms with van der Waals surface area (Å²) in [6.07, 6.45) is 0. The van der Waals surface area contributed by atoms with Crippen LogP contribution in [0.1, 0.15) is 11.1 Å². The van der Waals surface area contributed by atoms with E-state index in [0.717, 1.165) is 15.7 Å². The Morgan fingerprint density at radius 1 is 0.808 bits per heavy atom. The molecule has 0 spiro atoms. The molecule has 0 aromatic heterocycles. The highest BCUT2D eigenvalue weighted by molar-refractivity contribution is 9.10. The maximum Gasteiger partial charge on any atom is 0.282 e. The lowest BCUT2D eigenvalue weighted by Gasteiger charge is -2.06. The van der Waals surface area contributed by atoms with Crippen molar-refractivity contribution >= 4 is 43.1 Å². The third kappa shape index (κ3) is 3.13. The largest absolute Gasteiger partial charge is 0.282 e. The average Bonchev–Trinajstić information content (AvgIpc) is 3.01. The molecule has 0 fully saturated rings. The van der Waals surface area contributed by atoms with Crippen LogP contribution >= 0.6 is 15.9 Å². The van der Waals surface area contributed by atoms with Crippen molar-refractivity contribution in [1.82, 2.24) is 0 Å². The molecule has 0 saturated carbocycles. The first-order valence-electron chi connectivity index (χ1n) is 7.89. The molecule has 1 heterocycles. The normalized spacial score (nSPS) is 15.0. The first kappa shape index (κ1) is 16.9. The van der Waals surface area contributed by atoms with Gasteiger partial charge in [0.25, 0.3) is 10.0 Å². The molecule has 6 heteroatoms. The van der Waals surface area contributed by atoms with Crippen molar-refractivity contribution in [3.8, 4) is 0 Å². The minimum absolute atomic E-state index is 0.144. The molecule has 0 N–H and O–H groups in total. The number of fused-ring (bicyclic) bond motifs is 1. The molecule has 26 heavy (non-hydrogen) atoms. The molecular weight excluding hydrogens is 412 g/mol. The number of halogens is 1. The van der Waals surface area contributed by atoms with Crippen LogP contribution in [0.3, 0.4) is 0 Å². The number of nitrogens with zero attached hydrogens (tertiary/aromatic N) is 2. The lowest BCUT2D eigenvalue weighted by molar-refractivity contribution is 0.598. The third-order valence-electron chi connectivity index (χ3n) is 3.99. The van der Waals surface area contributed by atoms with E-state index in [1.54, 1.807) is 12.1 Å². The molecule has 0 saturated heterocycles. The first-order valence-corrected chi connectivity index (χ1v) is 10.1. The van der Waals surface area contributed by atoms with Gasteiger partial charge in [0.2, 0.25) is 0 Å². The molecule has 1 aliphatic heterocycles. The van der Waals surface area contributed by atoms with Crippen molar-refractivity contribution < 1.29 is 8.42 Å². The van der Waals surface area contributed by atoms with Gasteiger partial charge in [-0.1, -0.05) is 64.5 Å². The van der Waals surface area contributed by atoms with E-state index in [0.29, 0.717) is 17.0 Å². The zero-order valence-corrected chi connectivity index (χ0v) is 15.9. The average molecular weight is 425 g/mol. The van der Waals surface area contributed by atoms with E-state index >= 15 is 0 Å². The van der Waals surface area contributed by atoms with E-state index < -0.39 is 10.0 Å². The Morgan fingerprint density at radius 3 is 2.19 bits per heavy atom. The molecule has 0 atom stereocenters. The number of rotatable bonds is 3. The van der Waals surface area contributed by atoms with Crippen LogP contribution in [0.25, 0.3) is 0 Å². The van der Waals surface area contributed by atoms with Crippen LogP contribution in [0, 0.1) is 0 Å². The number of sulfonamides is 1. The van der Waals surface area contributed by atoms with Crippen molar-refractivity contribution in [2.75, 3.05) is 0 Å². The Bertz CT molecular complexity index is 1140. The predicted octanol–water partition coefficient (Wildman–Crippen LogP) is 4.76. The van der Waals surface area contributed by atoms with Crippen LogP contribution in [0.5, 0.6) is 0 Å². The van der Waals surface area contributed by atoms with Crippen molar-refractivity contribution in [2.45, 2.75) is 4.90 Å². The fraction of sp³-hybridized carbons (Fsp3) is 0. The van der Waals surface area contributed by atoms with E-state index in [2.05, 4.69) is 25.3 Å². The summed E-state index contributed by atoms with van der Waals surface area (Å²) in [6.45, 7) is 0. The second kappa shape index (κ2) is 6.63. The summed E-state index contributed by atoms with van der Waals surface area (Å²) in [4.78, 5) is 4.75. The summed E-state index contributed by atoms with van der Waals surface area (Å²) in [5.41, 5.74) is 3.19.